The van der Waals surface area contributed by atoms with Gasteiger partial charge in [0.25, 0.3) is 0 Å². The molecule has 4 aromatic rings. The molecule has 7 heteroatoms. The third-order valence-electron chi connectivity index (χ3n) is 5.47. The van der Waals surface area contributed by atoms with E-state index in [1.807, 2.05) is 73.7 Å². The van der Waals surface area contributed by atoms with Crippen molar-refractivity contribution in [2.24, 2.45) is 0 Å². The maximum Gasteiger partial charge on any atom is 0.244 e. The topological polar surface area (TPSA) is 68.7 Å². The van der Waals surface area contributed by atoms with Crippen molar-refractivity contribution in [2.75, 3.05) is 13.7 Å². The zero-order valence-electron chi connectivity index (χ0n) is 19.3. The van der Waals surface area contributed by atoms with E-state index in [4.69, 9.17) is 9.47 Å². The first-order valence-electron chi connectivity index (χ1n) is 11.1. The van der Waals surface area contributed by atoms with Gasteiger partial charge in [-0.25, -0.2) is 8.42 Å². The van der Waals surface area contributed by atoms with E-state index in [0.717, 1.165) is 16.5 Å². The Labute approximate surface area is 200 Å². The number of ether oxygens (including phenoxy) is 2. The number of pyridine rings is 1. The minimum absolute atomic E-state index is 0.118. The van der Waals surface area contributed by atoms with E-state index in [1.54, 1.807) is 31.6 Å². The molecule has 3 aromatic carbocycles. The Hall–Kier alpha value is -3.26. The summed E-state index contributed by atoms with van der Waals surface area (Å²) >= 11 is 0. The summed E-state index contributed by atoms with van der Waals surface area (Å²) in [5.41, 5.74) is 1.69. The molecule has 0 amide bonds. The Morgan fingerprint density at radius 3 is 2.38 bits per heavy atom. The van der Waals surface area contributed by atoms with Crippen molar-refractivity contribution in [3.8, 4) is 5.75 Å². The standard InChI is InChI=1S/C27H28N2O4S/c1-21(20-32-2)33-25-10-5-7-23(17-25)19-29(18-22-13-15-28-16-14-22)34(30,31)27-12-6-9-24-8-3-4-11-26(24)27/h3-17,21H,18-20H2,1-2H3/t21-/m0/s1. The molecular weight excluding hydrogens is 448 g/mol. The molecule has 6 nitrogen and oxygen atoms in total. The predicted octanol–water partition coefficient (Wildman–Crippen LogP) is 5.04. The highest BCUT2D eigenvalue weighted by Crippen LogP contribution is 2.28. The molecule has 1 heterocycles. The van der Waals surface area contributed by atoms with E-state index in [9.17, 15) is 8.42 Å². The first-order valence-corrected chi connectivity index (χ1v) is 12.5. The number of methoxy groups -OCH3 is 1. The SMILES string of the molecule is COC[C@H](C)Oc1cccc(CN(Cc2ccncc2)S(=O)(=O)c2cccc3ccccc23)c1. The van der Waals surface area contributed by atoms with Crippen molar-refractivity contribution in [2.45, 2.75) is 31.0 Å². The second-order valence-corrected chi connectivity index (χ2v) is 10.0. The normalized spacial score (nSPS) is 12.7. The highest BCUT2D eigenvalue weighted by Gasteiger charge is 2.27. The van der Waals surface area contributed by atoms with E-state index in [0.29, 0.717) is 22.6 Å². The van der Waals surface area contributed by atoms with Crippen molar-refractivity contribution in [3.05, 3.63) is 102 Å². The Bertz CT molecular complexity index is 1340. The van der Waals surface area contributed by atoms with Crippen LogP contribution in [0, 0.1) is 0 Å². The van der Waals surface area contributed by atoms with E-state index in [2.05, 4.69) is 4.98 Å². The maximum atomic E-state index is 14.0. The summed E-state index contributed by atoms with van der Waals surface area (Å²) in [6.45, 7) is 2.81. The summed E-state index contributed by atoms with van der Waals surface area (Å²) < 4.78 is 40.5. The molecule has 0 saturated carbocycles. The summed E-state index contributed by atoms with van der Waals surface area (Å²) in [4.78, 5) is 4.35. The van der Waals surface area contributed by atoms with Gasteiger partial charge in [0.15, 0.2) is 0 Å². The minimum atomic E-state index is -3.82. The van der Waals surface area contributed by atoms with Crippen LogP contribution in [0.5, 0.6) is 5.75 Å². The molecule has 0 aliphatic carbocycles. The predicted molar refractivity (Wildman–Crippen MR) is 133 cm³/mol. The highest BCUT2D eigenvalue weighted by atomic mass is 32.2. The summed E-state index contributed by atoms with van der Waals surface area (Å²) in [6, 6.07) is 24.1. The minimum Gasteiger partial charge on any atom is -0.488 e. The lowest BCUT2D eigenvalue weighted by Gasteiger charge is -2.24. The quantitative estimate of drug-likeness (QED) is 0.321. The van der Waals surface area contributed by atoms with Crippen LogP contribution in [-0.2, 0) is 27.8 Å². The van der Waals surface area contributed by atoms with Crippen molar-refractivity contribution in [3.63, 3.8) is 0 Å². The zero-order valence-corrected chi connectivity index (χ0v) is 20.1. The first kappa shape index (κ1) is 23.9. The van der Waals surface area contributed by atoms with Gasteiger partial charge in [0, 0.05) is 38.0 Å². The van der Waals surface area contributed by atoms with Crippen LogP contribution in [0.25, 0.3) is 10.8 Å². The molecule has 0 fully saturated rings. The average Bonchev–Trinajstić information content (AvgIpc) is 2.84. The second kappa shape index (κ2) is 10.8. The summed E-state index contributed by atoms with van der Waals surface area (Å²) in [6.07, 6.45) is 3.22. The summed E-state index contributed by atoms with van der Waals surface area (Å²) in [7, 11) is -2.19. The fraction of sp³-hybridized carbons (Fsp3) is 0.222. The van der Waals surface area contributed by atoms with Gasteiger partial charge in [0.1, 0.15) is 11.9 Å². The van der Waals surface area contributed by atoms with Crippen LogP contribution in [0.1, 0.15) is 18.1 Å². The van der Waals surface area contributed by atoms with Gasteiger partial charge in [-0.2, -0.15) is 4.31 Å². The van der Waals surface area contributed by atoms with Gasteiger partial charge in [-0.1, -0.05) is 48.5 Å². The van der Waals surface area contributed by atoms with Gasteiger partial charge in [-0.3, -0.25) is 4.98 Å². The largest absolute Gasteiger partial charge is 0.488 e. The monoisotopic (exact) mass is 476 g/mol. The Morgan fingerprint density at radius 1 is 0.882 bits per heavy atom. The van der Waals surface area contributed by atoms with Crippen LogP contribution in [0.3, 0.4) is 0 Å². The van der Waals surface area contributed by atoms with E-state index in [1.165, 1.54) is 4.31 Å². The van der Waals surface area contributed by atoms with E-state index >= 15 is 0 Å². The van der Waals surface area contributed by atoms with Crippen LogP contribution in [0.4, 0.5) is 0 Å². The Kier molecular flexibility index (Phi) is 7.57. The number of rotatable bonds is 10. The lowest BCUT2D eigenvalue weighted by atomic mass is 10.1. The van der Waals surface area contributed by atoms with Gasteiger partial charge < -0.3 is 9.47 Å². The lowest BCUT2D eigenvalue weighted by molar-refractivity contribution is 0.0920. The highest BCUT2D eigenvalue weighted by molar-refractivity contribution is 7.89. The zero-order chi connectivity index (χ0) is 24.0. The molecule has 176 valence electrons. The number of benzene rings is 3. The fourth-order valence-electron chi connectivity index (χ4n) is 3.90. The Morgan fingerprint density at radius 2 is 1.59 bits per heavy atom. The van der Waals surface area contributed by atoms with Crippen molar-refractivity contribution in [1.29, 1.82) is 0 Å². The van der Waals surface area contributed by atoms with Gasteiger partial charge in [0.05, 0.1) is 11.5 Å². The molecule has 0 saturated heterocycles. The number of sulfonamides is 1. The Balaban J connectivity index is 1.70. The second-order valence-electron chi connectivity index (χ2n) is 8.14. The van der Waals surface area contributed by atoms with Crippen LogP contribution in [0.2, 0.25) is 0 Å². The van der Waals surface area contributed by atoms with Crippen molar-refractivity contribution >= 4 is 20.8 Å². The molecule has 0 aliphatic heterocycles. The van der Waals surface area contributed by atoms with Crippen LogP contribution in [0.15, 0.2) is 96.2 Å². The van der Waals surface area contributed by atoms with Crippen molar-refractivity contribution in [1.82, 2.24) is 9.29 Å². The molecule has 0 spiro atoms. The third kappa shape index (κ3) is 5.62. The average molecular weight is 477 g/mol. The van der Waals surface area contributed by atoms with Gasteiger partial charge in [0.2, 0.25) is 10.0 Å². The lowest BCUT2D eigenvalue weighted by Crippen LogP contribution is -2.30. The van der Waals surface area contributed by atoms with Crippen LogP contribution >= 0.6 is 0 Å². The van der Waals surface area contributed by atoms with Gasteiger partial charge >= 0.3 is 0 Å². The molecule has 0 aliphatic rings. The number of fused-ring (bicyclic) bond motifs is 1. The van der Waals surface area contributed by atoms with E-state index in [-0.39, 0.29) is 19.2 Å². The molecule has 1 atom stereocenters. The number of nitrogens with zero attached hydrogens (tertiary/aromatic N) is 2. The molecule has 0 unspecified atom stereocenters. The molecule has 0 bridgehead atoms. The van der Waals surface area contributed by atoms with Crippen LogP contribution < -0.4 is 4.74 Å². The number of hydrogen-bond acceptors (Lipinski definition) is 5. The molecule has 34 heavy (non-hydrogen) atoms. The number of aromatic nitrogens is 1. The van der Waals surface area contributed by atoms with Gasteiger partial charge in [-0.05, 0) is 53.8 Å². The molecule has 0 N–H and O–H groups in total. The fourth-order valence-corrected chi connectivity index (χ4v) is 5.53. The van der Waals surface area contributed by atoms with Gasteiger partial charge in [-0.15, -0.1) is 0 Å². The summed E-state index contributed by atoms with van der Waals surface area (Å²) in [5.74, 6) is 0.675. The maximum absolute atomic E-state index is 14.0. The molecule has 4 rings (SSSR count). The first-order chi connectivity index (χ1) is 16.5. The molecular formula is C27H28N2O4S. The summed E-state index contributed by atoms with van der Waals surface area (Å²) in [5, 5.41) is 1.59. The van der Waals surface area contributed by atoms with E-state index < -0.39 is 10.0 Å². The molecule has 0 radical (unpaired) electrons. The number of hydrogen-bond donors (Lipinski definition) is 0. The van der Waals surface area contributed by atoms with Crippen LogP contribution in [-0.4, -0.2) is 37.5 Å². The third-order valence-corrected chi connectivity index (χ3v) is 7.32. The smallest absolute Gasteiger partial charge is 0.244 e. The molecule has 1 aromatic heterocycles. The van der Waals surface area contributed by atoms with Crippen molar-refractivity contribution < 1.29 is 17.9 Å².